The van der Waals surface area contributed by atoms with Crippen molar-refractivity contribution in [1.29, 1.82) is 0 Å². The number of ether oxygens (including phenoxy) is 1. The van der Waals surface area contributed by atoms with Gasteiger partial charge in [0.2, 0.25) is 0 Å². The van der Waals surface area contributed by atoms with E-state index in [4.69, 9.17) is 27.9 Å². The summed E-state index contributed by atoms with van der Waals surface area (Å²) < 4.78 is 4.92. The monoisotopic (exact) mass is 377 g/mol. The third-order valence-electron chi connectivity index (χ3n) is 3.36. The Morgan fingerprint density at radius 2 is 1.88 bits per heavy atom. The number of benzene rings is 2. The van der Waals surface area contributed by atoms with E-state index in [-0.39, 0.29) is 6.61 Å². The minimum absolute atomic E-state index is 0.370. The molecule has 1 amide bonds. The molecule has 2 aromatic rings. The zero-order chi connectivity index (χ0) is 18.4. The van der Waals surface area contributed by atoms with Gasteiger partial charge in [0.25, 0.3) is 5.91 Å². The van der Waals surface area contributed by atoms with Crippen LogP contribution in [0.5, 0.6) is 0 Å². The van der Waals surface area contributed by atoms with Crippen LogP contribution in [0.2, 0.25) is 10.0 Å². The van der Waals surface area contributed by atoms with Gasteiger partial charge in [0.15, 0.2) is 6.61 Å². The Morgan fingerprint density at radius 1 is 1.12 bits per heavy atom. The largest absolute Gasteiger partial charge is 0.452 e. The van der Waals surface area contributed by atoms with Gasteiger partial charge in [0, 0.05) is 21.8 Å². The van der Waals surface area contributed by atoms with Crippen LogP contribution in [0.3, 0.4) is 0 Å². The third kappa shape index (κ3) is 5.93. The molecule has 2 rings (SSSR count). The molecule has 0 aliphatic rings. The molecule has 0 heterocycles. The van der Waals surface area contributed by atoms with Crippen LogP contribution in [0.4, 0.5) is 5.69 Å². The lowest BCUT2D eigenvalue weighted by molar-refractivity contribution is -0.142. The molecule has 2 aromatic carbocycles. The van der Waals surface area contributed by atoms with Crippen LogP contribution >= 0.6 is 23.2 Å². The number of halogens is 2. The fourth-order valence-corrected chi connectivity index (χ4v) is 2.59. The Kier molecular flexibility index (Phi) is 6.62. The molecule has 0 saturated heterocycles. The molecule has 0 spiro atoms. The quantitative estimate of drug-likeness (QED) is 0.600. The van der Waals surface area contributed by atoms with E-state index < -0.39 is 11.9 Å². The molecule has 0 bridgehead atoms. The van der Waals surface area contributed by atoms with Gasteiger partial charge in [-0.15, -0.1) is 0 Å². The molecule has 0 radical (unpaired) electrons. The normalized spacial score (nSPS) is 10.7. The van der Waals surface area contributed by atoms with Crippen LogP contribution < -0.4 is 5.32 Å². The van der Waals surface area contributed by atoms with Crippen LogP contribution in [0.15, 0.2) is 42.5 Å². The second-order valence-electron chi connectivity index (χ2n) is 5.47. The molecule has 0 fully saturated rings. The van der Waals surface area contributed by atoms with Crippen molar-refractivity contribution in [3.05, 3.63) is 69.2 Å². The van der Waals surface area contributed by atoms with Gasteiger partial charge in [0.1, 0.15) is 0 Å². The maximum absolute atomic E-state index is 11.9. The minimum Gasteiger partial charge on any atom is -0.452 e. The summed E-state index contributed by atoms with van der Waals surface area (Å²) in [6.45, 7) is 3.50. The van der Waals surface area contributed by atoms with Crippen molar-refractivity contribution < 1.29 is 14.3 Å². The summed E-state index contributed by atoms with van der Waals surface area (Å²) in [5.41, 5.74) is 3.36. The summed E-state index contributed by atoms with van der Waals surface area (Å²) in [6.07, 6.45) is 2.71. The van der Waals surface area contributed by atoms with E-state index in [0.717, 1.165) is 11.1 Å². The average molecular weight is 378 g/mol. The molecule has 0 aliphatic heterocycles. The molecule has 1 N–H and O–H groups in total. The number of hydrogen-bond donors (Lipinski definition) is 1. The average Bonchev–Trinajstić information content (AvgIpc) is 2.55. The molecule has 0 unspecified atom stereocenters. The lowest BCUT2D eigenvalue weighted by Gasteiger charge is -2.09. The number of rotatable bonds is 5. The number of anilines is 1. The van der Waals surface area contributed by atoms with Crippen LogP contribution in [0.1, 0.15) is 16.7 Å². The Bertz CT molecular complexity index is 831. The van der Waals surface area contributed by atoms with E-state index in [0.29, 0.717) is 21.3 Å². The van der Waals surface area contributed by atoms with Crippen molar-refractivity contribution in [2.45, 2.75) is 13.8 Å². The molecule has 25 heavy (non-hydrogen) atoms. The smallest absolute Gasteiger partial charge is 0.331 e. The first-order chi connectivity index (χ1) is 11.8. The highest BCUT2D eigenvalue weighted by Gasteiger charge is 2.08. The Balaban J connectivity index is 1.86. The summed E-state index contributed by atoms with van der Waals surface area (Å²) in [4.78, 5) is 23.6. The second-order valence-corrected chi connectivity index (χ2v) is 6.32. The van der Waals surface area contributed by atoms with Crippen molar-refractivity contribution in [2.24, 2.45) is 0 Å². The topological polar surface area (TPSA) is 55.4 Å². The Hall–Kier alpha value is -2.30. The summed E-state index contributed by atoms with van der Waals surface area (Å²) in [7, 11) is 0. The zero-order valence-electron chi connectivity index (χ0n) is 13.8. The Morgan fingerprint density at radius 3 is 2.56 bits per heavy atom. The van der Waals surface area contributed by atoms with Crippen LogP contribution in [-0.2, 0) is 14.3 Å². The highest BCUT2D eigenvalue weighted by Crippen LogP contribution is 2.22. The fraction of sp³-hybridized carbons (Fsp3) is 0.158. The number of carbonyl (C=O) groups is 2. The van der Waals surface area contributed by atoms with E-state index in [2.05, 4.69) is 5.32 Å². The molecule has 4 nitrogen and oxygen atoms in total. The highest BCUT2D eigenvalue weighted by atomic mass is 35.5. The molecule has 0 atom stereocenters. The van der Waals surface area contributed by atoms with Gasteiger partial charge in [-0.25, -0.2) is 4.79 Å². The van der Waals surface area contributed by atoms with Crippen molar-refractivity contribution in [3.63, 3.8) is 0 Å². The number of esters is 1. The van der Waals surface area contributed by atoms with Crippen molar-refractivity contribution in [3.8, 4) is 0 Å². The predicted octanol–water partition coefficient (Wildman–Crippen LogP) is 4.81. The summed E-state index contributed by atoms with van der Waals surface area (Å²) in [5, 5.41) is 3.63. The highest BCUT2D eigenvalue weighted by molar-refractivity contribution is 6.35. The van der Waals surface area contributed by atoms with Crippen LogP contribution in [0.25, 0.3) is 6.08 Å². The van der Waals surface area contributed by atoms with Gasteiger partial charge in [0.05, 0.1) is 0 Å². The lowest BCUT2D eigenvalue weighted by Crippen LogP contribution is -2.20. The lowest BCUT2D eigenvalue weighted by atomic mass is 10.1. The first-order valence-electron chi connectivity index (χ1n) is 7.52. The fourth-order valence-electron chi connectivity index (χ4n) is 2.12. The van der Waals surface area contributed by atoms with E-state index in [9.17, 15) is 9.59 Å². The van der Waals surface area contributed by atoms with E-state index in [1.165, 1.54) is 12.2 Å². The van der Waals surface area contributed by atoms with Gasteiger partial charge in [-0.05, 0) is 49.2 Å². The van der Waals surface area contributed by atoms with Gasteiger partial charge in [-0.3, -0.25) is 4.79 Å². The standard InChI is InChI=1S/C19H17Cl2NO3/c1-12-3-7-17(13(2)9-12)22-18(23)11-25-19(24)8-5-14-4-6-15(20)10-16(14)21/h3-10H,11H2,1-2H3,(H,22,23)/b8-5+. The summed E-state index contributed by atoms with van der Waals surface area (Å²) in [6, 6.07) is 10.6. The summed E-state index contributed by atoms with van der Waals surface area (Å²) >= 11 is 11.8. The van der Waals surface area contributed by atoms with Crippen molar-refractivity contribution in [1.82, 2.24) is 0 Å². The molecular formula is C19H17Cl2NO3. The number of hydrogen-bond acceptors (Lipinski definition) is 3. The van der Waals surface area contributed by atoms with Gasteiger partial charge >= 0.3 is 5.97 Å². The second kappa shape index (κ2) is 8.70. The third-order valence-corrected chi connectivity index (χ3v) is 3.93. The molecule has 130 valence electrons. The first kappa shape index (κ1) is 19.0. The van der Waals surface area contributed by atoms with E-state index >= 15 is 0 Å². The molecule has 0 aliphatic carbocycles. The number of nitrogens with one attached hydrogen (secondary N) is 1. The number of aryl methyl sites for hydroxylation is 2. The molecule has 0 aromatic heterocycles. The van der Waals surface area contributed by atoms with Gasteiger partial charge in [-0.1, -0.05) is 47.0 Å². The maximum Gasteiger partial charge on any atom is 0.331 e. The zero-order valence-corrected chi connectivity index (χ0v) is 15.3. The van der Waals surface area contributed by atoms with E-state index in [1.54, 1.807) is 18.2 Å². The molecular weight excluding hydrogens is 361 g/mol. The van der Waals surface area contributed by atoms with Crippen molar-refractivity contribution >= 4 is 46.8 Å². The number of carbonyl (C=O) groups excluding carboxylic acids is 2. The Labute approximate surface area is 156 Å². The SMILES string of the molecule is Cc1ccc(NC(=O)COC(=O)/C=C/c2ccc(Cl)cc2Cl)c(C)c1. The molecule has 0 saturated carbocycles. The first-order valence-corrected chi connectivity index (χ1v) is 8.28. The van der Waals surface area contributed by atoms with Gasteiger partial charge < -0.3 is 10.1 Å². The van der Waals surface area contributed by atoms with Gasteiger partial charge in [-0.2, -0.15) is 0 Å². The minimum atomic E-state index is -0.637. The van der Waals surface area contributed by atoms with Crippen LogP contribution in [0, 0.1) is 13.8 Å². The summed E-state index contributed by atoms with van der Waals surface area (Å²) in [5.74, 6) is -1.04. The van der Waals surface area contributed by atoms with E-state index in [1.807, 2.05) is 32.0 Å². The predicted molar refractivity (Wildman–Crippen MR) is 101 cm³/mol. The number of amides is 1. The van der Waals surface area contributed by atoms with Crippen LogP contribution in [-0.4, -0.2) is 18.5 Å². The maximum atomic E-state index is 11.9. The van der Waals surface area contributed by atoms with Crippen molar-refractivity contribution in [2.75, 3.05) is 11.9 Å². The molecule has 6 heteroatoms.